The van der Waals surface area contributed by atoms with E-state index in [1.165, 1.54) is 11.3 Å². The van der Waals surface area contributed by atoms with Crippen molar-refractivity contribution in [3.05, 3.63) is 34.7 Å². The molecule has 120 valence electrons. The van der Waals surface area contributed by atoms with E-state index in [2.05, 4.69) is 24.1 Å². The predicted octanol–water partition coefficient (Wildman–Crippen LogP) is 3.16. The Morgan fingerprint density at radius 1 is 1.48 bits per heavy atom. The van der Waals surface area contributed by atoms with Crippen LogP contribution in [0.1, 0.15) is 31.2 Å². The van der Waals surface area contributed by atoms with Crippen LogP contribution in [-0.2, 0) is 4.79 Å². The van der Waals surface area contributed by atoms with Gasteiger partial charge in [-0.15, -0.1) is 11.3 Å². The molecule has 1 atom stereocenters. The molecule has 2 rings (SSSR count). The number of nitrogens with one attached hydrogen (secondary N) is 1. The maximum absolute atomic E-state index is 12.3. The molecule has 1 heterocycles. The Morgan fingerprint density at radius 3 is 2.91 bits per heavy atom. The van der Waals surface area contributed by atoms with Crippen LogP contribution in [0.25, 0.3) is 11.3 Å². The highest BCUT2D eigenvalue weighted by Crippen LogP contribution is 2.31. The van der Waals surface area contributed by atoms with Crippen molar-refractivity contribution >= 4 is 22.9 Å². The molecule has 0 bridgehead atoms. The molecule has 1 aromatic heterocycles. The molecule has 1 unspecified atom stereocenters. The van der Waals surface area contributed by atoms with Crippen LogP contribution in [0.5, 0.6) is 0 Å². The third-order valence-electron chi connectivity index (χ3n) is 3.37. The number of thiazole rings is 1. The number of carbonyl (C=O) groups is 1. The molecular formula is C17H20N4OS. The van der Waals surface area contributed by atoms with Crippen molar-refractivity contribution in [1.82, 2.24) is 10.3 Å². The summed E-state index contributed by atoms with van der Waals surface area (Å²) < 4.78 is 0. The minimum atomic E-state index is -0.330. The van der Waals surface area contributed by atoms with Crippen molar-refractivity contribution < 1.29 is 4.79 Å². The summed E-state index contributed by atoms with van der Waals surface area (Å²) in [6, 6.07) is 9.46. The number of nitrogens with two attached hydrogens (primary N) is 1. The lowest BCUT2D eigenvalue weighted by Crippen LogP contribution is -2.30. The van der Waals surface area contributed by atoms with E-state index >= 15 is 0 Å². The smallest absolute Gasteiger partial charge is 0.230 e. The van der Waals surface area contributed by atoms with Crippen LogP contribution in [-0.4, -0.2) is 17.4 Å². The zero-order valence-corrected chi connectivity index (χ0v) is 14.1. The average molecular weight is 328 g/mol. The number of nitrogen functional groups attached to an aromatic ring is 1. The lowest BCUT2D eigenvalue weighted by Gasteiger charge is -2.15. The number of hydrogen-bond acceptors (Lipinski definition) is 5. The average Bonchev–Trinajstić information content (AvgIpc) is 2.99. The first-order chi connectivity index (χ1) is 11.0. The van der Waals surface area contributed by atoms with E-state index in [-0.39, 0.29) is 18.4 Å². The van der Waals surface area contributed by atoms with Crippen molar-refractivity contribution in [3.8, 4) is 17.3 Å². The second-order valence-electron chi connectivity index (χ2n) is 5.75. The van der Waals surface area contributed by atoms with Gasteiger partial charge in [-0.05, 0) is 24.5 Å². The molecule has 0 aliphatic rings. The molecule has 0 spiro atoms. The Morgan fingerprint density at radius 2 is 2.26 bits per heavy atom. The Labute approximate surface area is 140 Å². The lowest BCUT2D eigenvalue weighted by molar-refractivity contribution is -0.122. The van der Waals surface area contributed by atoms with Gasteiger partial charge < -0.3 is 11.1 Å². The Balaban J connectivity index is 2.26. The van der Waals surface area contributed by atoms with Crippen LogP contribution >= 0.6 is 11.3 Å². The molecule has 1 aromatic carbocycles. The van der Waals surface area contributed by atoms with Gasteiger partial charge in [-0.2, -0.15) is 5.26 Å². The SMILES string of the molecule is CC(C)CC(C(=O)NCC#N)c1nc(-c2cccc(N)c2)cs1. The fourth-order valence-corrected chi connectivity index (χ4v) is 3.26. The summed E-state index contributed by atoms with van der Waals surface area (Å²) in [5.74, 6) is -0.121. The minimum Gasteiger partial charge on any atom is -0.399 e. The number of hydrogen-bond donors (Lipinski definition) is 2. The van der Waals surface area contributed by atoms with Crippen molar-refractivity contribution in [3.63, 3.8) is 0 Å². The molecule has 0 aliphatic heterocycles. The van der Waals surface area contributed by atoms with Crippen molar-refractivity contribution in [1.29, 1.82) is 5.26 Å². The maximum atomic E-state index is 12.3. The number of nitrogens with zero attached hydrogens (tertiary/aromatic N) is 2. The molecular weight excluding hydrogens is 308 g/mol. The first-order valence-electron chi connectivity index (χ1n) is 7.47. The van der Waals surface area contributed by atoms with E-state index in [4.69, 9.17) is 11.0 Å². The Hall–Kier alpha value is -2.39. The summed E-state index contributed by atoms with van der Waals surface area (Å²) in [6.07, 6.45) is 0.696. The number of carbonyl (C=O) groups excluding carboxylic acids is 1. The van der Waals surface area contributed by atoms with Gasteiger partial charge in [-0.3, -0.25) is 4.79 Å². The van der Waals surface area contributed by atoms with E-state index in [9.17, 15) is 4.79 Å². The van der Waals surface area contributed by atoms with Crippen LogP contribution in [0.2, 0.25) is 0 Å². The minimum absolute atomic E-state index is 0.0148. The van der Waals surface area contributed by atoms with Crippen LogP contribution < -0.4 is 11.1 Å². The fourth-order valence-electron chi connectivity index (χ4n) is 2.32. The van der Waals surface area contributed by atoms with Gasteiger partial charge in [0.1, 0.15) is 11.6 Å². The number of anilines is 1. The van der Waals surface area contributed by atoms with Gasteiger partial charge in [0.2, 0.25) is 5.91 Å². The summed E-state index contributed by atoms with van der Waals surface area (Å²) in [5, 5.41) is 14.0. The van der Waals surface area contributed by atoms with Crippen LogP contribution in [0.15, 0.2) is 29.6 Å². The highest BCUT2D eigenvalue weighted by Gasteiger charge is 2.25. The molecule has 6 heteroatoms. The fraction of sp³-hybridized carbons (Fsp3) is 0.353. The standard InChI is InChI=1S/C17H20N4OS/c1-11(2)8-14(16(22)20-7-6-18)17-21-15(10-23-17)12-4-3-5-13(19)9-12/h3-5,9-11,14H,7-8,19H2,1-2H3,(H,20,22). The van der Waals surface area contributed by atoms with Gasteiger partial charge in [0.25, 0.3) is 0 Å². The molecule has 1 amide bonds. The normalized spacial score (nSPS) is 11.9. The summed E-state index contributed by atoms with van der Waals surface area (Å²) in [4.78, 5) is 16.9. The largest absolute Gasteiger partial charge is 0.399 e. The van der Waals surface area contributed by atoms with E-state index in [0.717, 1.165) is 16.3 Å². The molecule has 0 saturated heterocycles. The van der Waals surface area contributed by atoms with Crippen LogP contribution in [0.4, 0.5) is 5.69 Å². The van der Waals surface area contributed by atoms with Gasteiger partial charge in [-0.25, -0.2) is 4.98 Å². The highest BCUT2D eigenvalue weighted by atomic mass is 32.1. The molecule has 0 saturated carbocycles. The van der Waals surface area contributed by atoms with Gasteiger partial charge in [-0.1, -0.05) is 26.0 Å². The highest BCUT2D eigenvalue weighted by molar-refractivity contribution is 7.10. The topological polar surface area (TPSA) is 91.8 Å². The van der Waals surface area contributed by atoms with Gasteiger partial charge >= 0.3 is 0 Å². The molecule has 0 aliphatic carbocycles. The number of benzene rings is 1. The van der Waals surface area contributed by atoms with Gasteiger partial charge in [0.05, 0.1) is 17.7 Å². The molecule has 5 nitrogen and oxygen atoms in total. The zero-order chi connectivity index (χ0) is 16.8. The molecule has 2 aromatic rings. The Bertz CT molecular complexity index is 717. The monoisotopic (exact) mass is 328 g/mol. The van der Waals surface area contributed by atoms with Crippen molar-refractivity contribution in [2.75, 3.05) is 12.3 Å². The number of aromatic nitrogens is 1. The van der Waals surface area contributed by atoms with Crippen molar-refractivity contribution in [2.45, 2.75) is 26.2 Å². The lowest BCUT2D eigenvalue weighted by atomic mass is 9.96. The first-order valence-corrected chi connectivity index (χ1v) is 8.35. The third kappa shape index (κ3) is 4.54. The van der Waals surface area contributed by atoms with Crippen LogP contribution in [0, 0.1) is 17.2 Å². The molecule has 3 N–H and O–H groups in total. The zero-order valence-electron chi connectivity index (χ0n) is 13.2. The maximum Gasteiger partial charge on any atom is 0.230 e. The second-order valence-corrected chi connectivity index (χ2v) is 6.64. The van der Waals surface area contributed by atoms with E-state index in [1.807, 2.05) is 35.7 Å². The molecule has 0 fully saturated rings. The number of nitriles is 1. The Kier molecular flexibility index (Phi) is 5.72. The summed E-state index contributed by atoms with van der Waals surface area (Å²) in [5.41, 5.74) is 8.25. The summed E-state index contributed by atoms with van der Waals surface area (Å²) in [7, 11) is 0. The molecule has 23 heavy (non-hydrogen) atoms. The predicted molar refractivity (Wildman–Crippen MR) is 92.8 cm³/mol. The molecule has 0 radical (unpaired) electrons. The first kappa shape index (κ1) is 17.0. The quantitative estimate of drug-likeness (QED) is 0.629. The van der Waals surface area contributed by atoms with Crippen LogP contribution in [0.3, 0.4) is 0 Å². The van der Waals surface area contributed by atoms with E-state index in [1.54, 1.807) is 0 Å². The second kappa shape index (κ2) is 7.75. The van der Waals surface area contributed by atoms with Gasteiger partial charge in [0, 0.05) is 16.6 Å². The summed E-state index contributed by atoms with van der Waals surface area (Å²) in [6.45, 7) is 4.15. The van der Waals surface area contributed by atoms with E-state index < -0.39 is 0 Å². The van der Waals surface area contributed by atoms with Gasteiger partial charge in [0.15, 0.2) is 0 Å². The summed E-state index contributed by atoms with van der Waals surface area (Å²) >= 11 is 1.47. The number of amides is 1. The number of rotatable bonds is 6. The van der Waals surface area contributed by atoms with E-state index in [0.29, 0.717) is 18.0 Å². The third-order valence-corrected chi connectivity index (χ3v) is 4.33. The van der Waals surface area contributed by atoms with Crippen molar-refractivity contribution in [2.24, 2.45) is 5.92 Å².